The molecule has 0 aromatic carbocycles. The average molecular weight is 138 g/mol. The lowest BCUT2D eigenvalue weighted by atomic mass is 10.1. The largest absolute Gasteiger partial charge is 0.351 e. The zero-order chi connectivity index (χ0) is 6.78. The third-order valence-corrected chi connectivity index (χ3v) is 0.814. The van der Waals surface area contributed by atoms with E-state index in [1.165, 1.54) is 0 Å². The molecule has 0 heterocycles. The summed E-state index contributed by atoms with van der Waals surface area (Å²) in [5, 5.41) is 16.4. The molecule has 0 aliphatic heterocycles. The number of alkyl halides is 1. The second-order valence-electron chi connectivity index (χ2n) is 2.29. The molecule has 0 rings (SSSR count). The van der Waals surface area contributed by atoms with Gasteiger partial charge in [0, 0.05) is 6.42 Å². The van der Waals surface area contributed by atoms with Crippen molar-refractivity contribution in [3.05, 3.63) is 0 Å². The molecular weight excluding hydrogens is 128 g/mol. The van der Waals surface area contributed by atoms with Gasteiger partial charge in [0.25, 0.3) is 5.25 Å². The van der Waals surface area contributed by atoms with Crippen LogP contribution in [0.2, 0.25) is 0 Å². The maximum absolute atomic E-state index is 10.2. The minimum absolute atomic E-state index is 0.0918. The van der Waals surface area contributed by atoms with Crippen molar-refractivity contribution in [3.8, 4) is 0 Å². The number of hydrogen-bond acceptors (Lipinski definition) is 1. The minimum Gasteiger partial charge on any atom is -0.351 e. The third kappa shape index (κ3) is 6.21. The summed E-state index contributed by atoms with van der Waals surface area (Å²) in [5.74, 6) is 0.148. The van der Waals surface area contributed by atoms with Crippen LogP contribution in [0.25, 0.3) is 0 Å². The third-order valence-electron chi connectivity index (χ3n) is 0.660. The van der Waals surface area contributed by atoms with Gasteiger partial charge >= 0.3 is 0 Å². The highest BCUT2D eigenvalue weighted by Crippen LogP contribution is 2.17. The molecule has 1 N–H and O–H groups in total. The number of aliphatic hydroxyl groups is 1. The van der Waals surface area contributed by atoms with Crippen molar-refractivity contribution >= 4 is 11.6 Å². The van der Waals surface area contributed by atoms with Gasteiger partial charge in [-0.05, 0) is 5.92 Å². The topological polar surface area (TPSA) is 40.1 Å². The van der Waals surface area contributed by atoms with Crippen molar-refractivity contribution in [2.45, 2.75) is 25.5 Å². The lowest BCUT2D eigenvalue weighted by Gasteiger charge is -2.11. The summed E-state index contributed by atoms with van der Waals surface area (Å²) in [6.45, 7) is 3.65. The lowest BCUT2D eigenvalue weighted by Crippen LogP contribution is -2.19. The Morgan fingerprint density at radius 3 is 2.12 bits per heavy atom. The molecule has 0 aromatic rings. The van der Waals surface area contributed by atoms with Crippen molar-refractivity contribution in [2.75, 3.05) is 0 Å². The second-order valence-corrected chi connectivity index (χ2v) is 2.88. The van der Waals surface area contributed by atoms with E-state index in [-0.39, 0.29) is 12.3 Å². The van der Waals surface area contributed by atoms with Crippen LogP contribution in [0.5, 0.6) is 0 Å². The molecular formula is C5H10ClO2. The predicted octanol–water partition coefficient (Wildman–Crippen LogP) is 1.35. The quantitative estimate of drug-likeness (QED) is 0.453. The van der Waals surface area contributed by atoms with E-state index in [4.69, 9.17) is 16.7 Å². The van der Waals surface area contributed by atoms with Gasteiger partial charge in [0.2, 0.25) is 0 Å². The Kier molecular flexibility index (Phi) is 2.74. The molecule has 0 aliphatic carbocycles. The van der Waals surface area contributed by atoms with Crippen molar-refractivity contribution in [1.29, 1.82) is 0 Å². The fourth-order valence-corrected chi connectivity index (χ4v) is 0.812. The fraction of sp³-hybridized carbons (Fsp3) is 1.00. The first-order valence-corrected chi connectivity index (χ1v) is 2.91. The van der Waals surface area contributed by atoms with E-state index in [9.17, 15) is 5.11 Å². The Hall–Kier alpha value is 0.210. The summed E-state index contributed by atoms with van der Waals surface area (Å²) in [6.07, 6.45) is 0.0918. The number of rotatable bonds is 2. The van der Waals surface area contributed by atoms with E-state index >= 15 is 0 Å². The summed E-state index contributed by atoms with van der Waals surface area (Å²) in [4.78, 5) is 0. The van der Waals surface area contributed by atoms with E-state index in [1.807, 2.05) is 13.8 Å². The zero-order valence-corrected chi connectivity index (χ0v) is 5.77. The molecule has 0 bridgehead atoms. The van der Waals surface area contributed by atoms with Crippen LogP contribution in [0, 0.1) is 5.92 Å². The first kappa shape index (κ1) is 8.21. The van der Waals surface area contributed by atoms with E-state index in [0.717, 1.165) is 0 Å². The predicted molar refractivity (Wildman–Crippen MR) is 30.9 cm³/mol. The second kappa shape index (κ2) is 2.67. The Morgan fingerprint density at radius 1 is 1.75 bits per heavy atom. The van der Waals surface area contributed by atoms with Gasteiger partial charge in [-0.25, -0.2) is 0 Å². The summed E-state index contributed by atoms with van der Waals surface area (Å²) < 4.78 is 0. The number of hydrogen-bond donors (Lipinski definition) is 1. The molecule has 0 fully saturated rings. The maximum Gasteiger partial charge on any atom is 0.276 e. The van der Waals surface area contributed by atoms with Gasteiger partial charge < -0.3 is 5.11 Å². The normalized spacial score (nSPS) is 12.8. The molecule has 1 unspecified atom stereocenters. The van der Waals surface area contributed by atoms with Crippen LogP contribution < -0.4 is 0 Å². The van der Waals surface area contributed by atoms with Gasteiger partial charge in [0.1, 0.15) is 0 Å². The first-order chi connectivity index (χ1) is 3.42. The van der Waals surface area contributed by atoms with Crippen LogP contribution in [0.3, 0.4) is 0 Å². The van der Waals surface area contributed by atoms with E-state index < -0.39 is 5.25 Å². The highest BCUT2D eigenvalue weighted by atomic mass is 35.5. The Balaban J connectivity index is 3.39. The first-order valence-electron chi connectivity index (χ1n) is 2.53. The minimum atomic E-state index is -2.26. The van der Waals surface area contributed by atoms with Crippen molar-refractivity contribution in [3.63, 3.8) is 0 Å². The van der Waals surface area contributed by atoms with Gasteiger partial charge in [0.15, 0.2) is 0 Å². The van der Waals surface area contributed by atoms with E-state index in [2.05, 4.69) is 0 Å². The number of halogens is 1. The van der Waals surface area contributed by atoms with Crippen molar-refractivity contribution in [2.24, 2.45) is 5.92 Å². The highest BCUT2D eigenvalue weighted by Gasteiger charge is 2.21. The summed E-state index contributed by atoms with van der Waals surface area (Å²) in [5.41, 5.74) is 0. The Bertz CT molecular complexity index is 65.3. The molecule has 1 atom stereocenters. The smallest absolute Gasteiger partial charge is 0.276 e. The van der Waals surface area contributed by atoms with Gasteiger partial charge in [-0.1, -0.05) is 25.4 Å². The molecule has 2 nitrogen and oxygen atoms in total. The summed E-state index contributed by atoms with van der Waals surface area (Å²) >= 11 is 4.93. The van der Waals surface area contributed by atoms with Gasteiger partial charge in [-0.15, -0.1) is 0 Å². The van der Waals surface area contributed by atoms with Crippen LogP contribution in [-0.4, -0.2) is 10.4 Å². The molecule has 0 aliphatic rings. The highest BCUT2D eigenvalue weighted by molar-refractivity contribution is 6.21. The van der Waals surface area contributed by atoms with Crippen molar-refractivity contribution in [1.82, 2.24) is 0 Å². The van der Waals surface area contributed by atoms with Crippen molar-refractivity contribution < 1.29 is 10.2 Å². The summed E-state index contributed by atoms with van der Waals surface area (Å²) in [6, 6.07) is 0. The molecule has 0 amide bonds. The molecule has 0 saturated heterocycles. The molecule has 3 heteroatoms. The summed E-state index contributed by atoms with van der Waals surface area (Å²) in [7, 11) is 0. The SMILES string of the molecule is CC(C)CC([O])(O)Cl. The van der Waals surface area contributed by atoms with E-state index in [0.29, 0.717) is 0 Å². The van der Waals surface area contributed by atoms with Gasteiger partial charge in [-0.2, -0.15) is 5.11 Å². The monoisotopic (exact) mass is 137 g/mol. The fourth-order valence-electron chi connectivity index (χ4n) is 0.504. The van der Waals surface area contributed by atoms with Gasteiger partial charge in [-0.3, -0.25) is 0 Å². The van der Waals surface area contributed by atoms with Crippen LogP contribution in [0.4, 0.5) is 0 Å². The van der Waals surface area contributed by atoms with Crippen LogP contribution in [-0.2, 0) is 5.11 Å². The molecule has 1 radical (unpaired) electrons. The average Bonchev–Trinajstić information content (AvgIpc) is 1.21. The lowest BCUT2D eigenvalue weighted by molar-refractivity contribution is -0.144. The van der Waals surface area contributed by atoms with Gasteiger partial charge in [0.05, 0.1) is 0 Å². The standard InChI is InChI=1S/C5H10ClO2/c1-4(2)3-5(6,7)8/h4,7H,3H2,1-2H3. The Morgan fingerprint density at radius 2 is 2.12 bits per heavy atom. The molecule has 0 spiro atoms. The Labute approximate surface area is 54.1 Å². The maximum atomic E-state index is 10.2. The van der Waals surface area contributed by atoms with E-state index in [1.54, 1.807) is 0 Å². The molecule has 0 aromatic heterocycles. The van der Waals surface area contributed by atoms with Crippen LogP contribution in [0.15, 0.2) is 0 Å². The molecule has 0 saturated carbocycles. The zero-order valence-electron chi connectivity index (χ0n) is 5.02. The molecule has 8 heavy (non-hydrogen) atoms. The van der Waals surface area contributed by atoms with Crippen LogP contribution in [0.1, 0.15) is 20.3 Å². The van der Waals surface area contributed by atoms with Crippen LogP contribution >= 0.6 is 11.6 Å². The molecule has 49 valence electrons.